The number of hydrogen-bond donors (Lipinski definition) is 0. The molecule has 0 radical (unpaired) electrons. The average molecular weight is 108 g/mol. The van der Waals surface area contributed by atoms with E-state index in [4.69, 9.17) is 0 Å². The van der Waals surface area contributed by atoms with E-state index in [1.165, 1.54) is 0 Å². The predicted octanol–water partition coefficient (Wildman–Crippen LogP) is -1.26. The van der Waals surface area contributed by atoms with Gasteiger partial charge in [0.25, 0.3) is 0 Å². The second-order valence-corrected chi connectivity index (χ2v) is 2.93. The van der Waals surface area contributed by atoms with Gasteiger partial charge in [-0.3, -0.25) is 0 Å². The summed E-state index contributed by atoms with van der Waals surface area (Å²) in [5.41, 5.74) is 0.182. The molecule has 0 saturated carbocycles. The van der Waals surface area contributed by atoms with Crippen molar-refractivity contribution in [1.29, 1.82) is 0 Å². The summed E-state index contributed by atoms with van der Waals surface area (Å²) in [6.45, 7) is 6.13. The molecule has 1 nitrogen and oxygen atoms in total. The van der Waals surface area contributed by atoms with Gasteiger partial charge < -0.3 is 6.22 Å². The molecular formula is C6H13LiO. The zero-order valence-corrected chi connectivity index (χ0v) is 6.19. The van der Waals surface area contributed by atoms with Crippen LogP contribution >= 0.6 is 0 Å². The Bertz CT molecular complexity index is 67.9. The Labute approximate surface area is 64.5 Å². The number of carbonyl (C=O) groups is 1. The molecule has 0 heterocycles. The van der Waals surface area contributed by atoms with Crippen LogP contribution in [-0.2, 0) is 4.79 Å². The van der Waals surface area contributed by atoms with Gasteiger partial charge in [0.05, 0.1) is 0 Å². The topological polar surface area (TPSA) is 17.1 Å². The molecule has 0 aromatic rings. The monoisotopic (exact) mass is 108 g/mol. The standard InChI is InChI=1S/C6H12O.Li.H/c1-6(2,3)4-5-7;;/h5H,4H2,1-3H3;;/q;+1;-1. The first-order valence-corrected chi connectivity index (χ1v) is 2.50. The smallest absolute Gasteiger partial charge is 1.00 e. The normalized spacial score (nSPS) is 9.88. The van der Waals surface area contributed by atoms with Crippen LogP contribution in [0.1, 0.15) is 28.6 Å². The Kier molecular flexibility index (Phi) is 5.80. The van der Waals surface area contributed by atoms with Crippen LogP contribution in [0, 0.1) is 5.41 Å². The molecule has 0 atom stereocenters. The fraction of sp³-hybridized carbons (Fsp3) is 0.833. The van der Waals surface area contributed by atoms with Crippen LogP contribution in [-0.4, -0.2) is 6.29 Å². The van der Waals surface area contributed by atoms with Gasteiger partial charge in [0, 0.05) is 6.42 Å². The van der Waals surface area contributed by atoms with Crippen molar-refractivity contribution in [2.75, 3.05) is 0 Å². The maximum absolute atomic E-state index is 9.82. The van der Waals surface area contributed by atoms with Gasteiger partial charge in [0.1, 0.15) is 6.29 Å². The van der Waals surface area contributed by atoms with Crippen LogP contribution in [0.4, 0.5) is 0 Å². The first-order valence-electron chi connectivity index (χ1n) is 2.50. The summed E-state index contributed by atoms with van der Waals surface area (Å²) in [6, 6.07) is 0. The minimum Gasteiger partial charge on any atom is -1.00 e. The molecule has 0 amide bonds. The molecule has 0 fully saturated rings. The molecule has 2 heteroatoms. The molecule has 0 saturated heterocycles. The summed E-state index contributed by atoms with van der Waals surface area (Å²) in [6.07, 6.45) is 1.62. The van der Waals surface area contributed by atoms with Crippen molar-refractivity contribution < 1.29 is 25.1 Å². The van der Waals surface area contributed by atoms with E-state index in [9.17, 15) is 4.79 Å². The maximum Gasteiger partial charge on any atom is 1.00 e. The average Bonchev–Trinajstić information content (AvgIpc) is 1.30. The van der Waals surface area contributed by atoms with E-state index in [2.05, 4.69) is 0 Å². The van der Waals surface area contributed by atoms with Gasteiger partial charge in [-0.15, -0.1) is 0 Å². The summed E-state index contributed by atoms with van der Waals surface area (Å²) in [5.74, 6) is 0. The molecule has 0 aliphatic rings. The Balaban J connectivity index is -0.000000180. The number of carbonyl (C=O) groups excluding carboxylic acids is 1. The first-order chi connectivity index (χ1) is 3.06. The van der Waals surface area contributed by atoms with Gasteiger partial charge in [-0.05, 0) is 5.41 Å². The van der Waals surface area contributed by atoms with Crippen molar-refractivity contribution in [1.82, 2.24) is 0 Å². The summed E-state index contributed by atoms with van der Waals surface area (Å²) >= 11 is 0. The summed E-state index contributed by atoms with van der Waals surface area (Å²) in [4.78, 5) is 9.82. The third-order valence-electron chi connectivity index (χ3n) is 0.696. The molecule has 0 N–H and O–H groups in total. The molecule has 0 aliphatic heterocycles. The van der Waals surface area contributed by atoms with E-state index < -0.39 is 0 Å². The van der Waals surface area contributed by atoms with Gasteiger partial charge in [-0.1, -0.05) is 20.8 Å². The maximum atomic E-state index is 9.82. The quantitative estimate of drug-likeness (QED) is 0.302. The van der Waals surface area contributed by atoms with Gasteiger partial charge in [-0.25, -0.2) is 0 Å². The summed E-state index contributed by atoms with van der Waals surface area (Å²) in [7, 11) is 0. The fourth-order valence-corrected chi connectivity index (χ4v) is 0.250. The van der Waals surface area contributed by atoms with Crippen LogP contribution in [0.3, 0.4) is 0 Å². The van der Waals surface area contributed by atoms with Crippen molar-refractivity contribution >= 4 is 6.29 Å². The van der Waals surface area contributed by atoms with E-state index in [1.807, 2.05) is 20.8 Å². The third-order valence-corrected chi connectivity index (χ3v) is 0.696. The molecule has 44 valence electrons. The SMILES string of the molecule is CC(C)(C)CC=O.[H-].[Li+]. The van der Waals surface area contributed by atoms with E-state index in [-0.39, 0.29) is 25.7 Å². The van der Waals surface area contributed by atoms with Gasteiger partial charge in [0.15, 0.2) is 0 Å². The third kappa shape index (κ3) is 9.55. The van der Waals surface area contributed by atoms with Crippen molar-refractivity contribution in [2.24, 2.45) is 5.41 Å². The van der Waals surface area contributed by atoms with E-state index >= 15 is 0 Å². The first kappa shape index (κ1) is 11.1. The Morgan fingerprint density at radius 1 is 1.50 bits per heavy atom. The number of rotatable bonds is 1. The van der Waals surface area contributed by atoms with Gasteiger partial charge in [0.2, 0.25) is 0 Å². The molecule has 0 spiro atoms. The molecule has 0 unspecified atom stereocenters. The second-order valence-electron chi connectivity index (χ2n) is 2.93. The van der Waals surface area contributed by atoms with Crippen molar-refractivity contribution in [3.05, 3.63) is 0 Å². The van der Waals surface area contributed by atoms with Crippen molar-refractivity contribution in [2.45, 2.75) is 27.2 Å². The van der Waals surface area contributed by atoms with Crippen LogP contribution in [0.5, 0.6) is 0 Å². The minimum absolute atomic E-state index is 0. The molecular weight excluding hydrogens is 95.0 g/mol. The predicted molar refractivity (Wildman–Crippen MR) is 31.2 cm³/mol. The molecule has 8 heavy (non-hydrogen) atoms. The zero-order chi connectivity index (χ0) is 5.91. The van der Waals surface area contributed by atoms with Crippen molar-refractivity contribution in [3.63, 3.8) is 0 Å². The van der Waals surface area contributed by atoms with E-state index in [1.54, 1.807) is 0 Å². The van der Waals surface area contributed by atoms with E-state index in [0.717, 1.165) is 6.29 Å². The number of aldehydes is 1. The Hall–Kier alpha value is 0.267. The summed E-state index contributed by atoms with van der Waals surface area (Å²) in [5, 5.41) is 0. The molecule has 0 aromatic heterocycles. The van der Waals surface area contributed by atoms with Crippen LogP contribution < -0.4 is 18.9 Å². The van der Waals surface area contributed by atoms with Crippen LogP contribution in [0.2, 0.25) is 0 Å². The largest absolute Gasteiger partial charge is 1.00 e. The van der Waals surface area contributed by atoms with E-state index in [0.29, 0.717) is 6.42 Å². The van der Waals surface area contributed by atoms with Gasteiger partial charge >= 0.3 is 18.9 Å². The minimum atomic E-state index is 0. The second kappa shape index (κ2) is 4.18. The fourth-order valence-electron chi connectivity index (χ4n) is 0.250. The molecule has 0 aliphatic carbocycles. The van der Waals surface area contributed by atoms with Gasteiger partial charge in [-0.2, -0.15) is 0 Å². The van der Waals surface area contributed by atoms with Crippen molar-refractivity contribution in [3.8, 4) is 0 Å². The van der Waals surface area contributed by atoms with Crippen LogP contribution in [0.25, 0.3) is 0 Å². The molecule has 0 bridgehead atoms. The Morgan fingerprint density at radius 3 is 1.88 bits per heavy atom. The molecule has 0 rings (SSSR count). The zero-order valence-electron chi connectivity index (χ0n) is 7.19. The number of hydrogen-bond acceptors (Lipinski definition) is 1. The molecule has 0 aromatic carbocycles. The Morgan fingerprint density at radius 2 is 1.88 bits per heavy atom. The van der Waals surface area contributed by atoms with Crippen LogP contribution in [0.15, 0.2) is 0 Å². The summed E-state index contributed by atoms with van der Waals surface area (Å²) < 4.78 is 0.